The van der Waals surface area contributed by atoms with Gasteiger partial charge in [-0.25, -0.2) is 4.99 Å². The standard InChI is InChI=1S/C29H24N2O4S/c1-34-23-10-6-5-9-20(23)27-21-13-12-18-7-3-4-8-19(18)26(21)30-29-31(27)28(33)25(36-29)16-17-11-14-22(32)24(15-17)35-2/h3-11,14-16,27,32H,12-13H2,1-2H3/b25-16+. The monoisotopic (exact) mass is 496 g/mol. The number of phenols is 1. The van der Waals surface area contributed by atoms with Gasteiger partial charge in [0.25, 0.3) is 5.56 Å². The van der Waals surface area contributed by atoms with Crippen LogP contribution in [0, 0.1) is 0 Å². The summed E-state index contributed by atoms with van der Waals surface area (Å²) < 4.78 is 13.3. The SMILES string of the molecule is COc1cc(/C=c2/sc3n(c2=O)C(c2ccccc2OC)C2=C(N=3)c3ccccc3CC2)ccc1O. The number of aromatic hydroxyl groups is 1. The molecule has 1 N–H and O–H groups in total. The molecule has 0 bridgehead atoms. The zero-order valence-corrected chi connectivity index (χ0v) is 20.7. The predicted octanol–water partition coefficient (Wildman–Crippen LogP) is 4.04. The average molecular weight is 497 g/mol. The molecular weight excluding hydrogens is 472 g/mol. The van der Waals surface area contributed by atoms with Crippen LogP contribution in [0.2, 0.25) is 0 Å². The lowest BCUT2D eigenvalue weighted by atomic mass is 9.83. The summed E-state index contributed by atoms with van der Waals surface area (Å²) in [6.07, 6.45) is 3.53. The highest BCUT2D eigenvalue weighted by molar-refractivity contribution is 7.07. The lowest BCUT2D eigenvalue weighted by Crippen LogP contribution is -2.38. The zero-order chi connectivity index (χ0) is 24.8. The molecule has 180 valence electrons. The highest BCUT2D eigenvalue weighted by Crippen LogP contribution is 2.43. The molecule has 7 heteroatoms. The van der Waals surface area contributed by atoms with Crippen molar-refractivity contribution in [1.29, 1.82) is 0 Å². The van der Waals surface area contributed by atoms with E-state index in [4.69, 9.17) is 14.5 Å². The van der Waals surface area contributed by atoms with E-state index >= 15 is 0 Å². The van der Waals surface area contributed by atoms with Crippen molar-refractivity contribution in [3.8, 4) is 17.2 Å². The highest BCUT2D eigenvalue weighted by atomic mass is 32.1. The van der Waals surface area contributed by atoms with Gasteiger partial charge in [-0.2, -0.15) is 0 Å². The van der Waals surface area contributed by atoms with E-state index in [2.05, 4.69) is 18.2 Å². The third-order valence-electron chi connectivity index (χ3n) is 6.81. The topological polar surface area (TPSA) is 73.0 Å². The third kappa shape index (κ3) is 3.55. The average Bonchev–Trinajstić information content (AvgIpc) is 3.22. The van der Waals surface area contributed by atoms with Gasteiger partial charge in [-0.05, 0) is 53.8 Å². The van der Waals surface area contributed by atoms with Gasteiger partial charge in [0, 0.05) is 11.1 Å². The van der Waals surface area contributed by atoms with Crippen molar-refractivity contribution in [3.63, 3.8) is 0 Å². The molecular formula is C29H24N2O4S. The molecule has 4 aromatic rings. The van der Waals surface area contributed by atoms with E-state index in [0.717, 1.165) is 46.6 Å². The van der Waals surface area contributed by atoms with Gasteiger partial charge < -0.3 is 14.6 Å². The summed E-state index contributed by atoms with van der Waals surface area (Å²) in [5, 5.41) is 9.96. The number of hydrogen-bond acceptors (Lipinski definition) is 6. The lowest BCUT2D eigenvalue weighted by molar-refractivity contribution is 0.373. The van der Waals surface area contributed by atoms with Crippen LogP contribution >= 0.6 is 11.3 Å². The summed E-state index contributed by atoms with van der Waals surface area (Å²) in [4.78, 5) is 19.6. The summed E-state index contributed by atoms with van der Waals surface area (Å²) >= 11 is 1.37. The Morgan fingerprint density at radius 1 is 1.00 bits per heavy atom. The predicted molar refractivity (Wildman–Crippen MR) is 140 cm³/mol. The number of aromatic nitrogens is 1. The fraction of sp³-hybridized carbons (Fsp3) is 0.172. The Balaban J connectivity index is 1.62. The summed E-state index contributed by atoms with van der Waals surface area (Å²) in [6, 6.07) is 21.0. The molecule has 36 heavy (non-hydrogen) atoms. The molecule has 2 aliphatic rings. The first-order valence-corrected chi connectivity index (χ1v) is 12.5. The first-order valence-electron chi connectivity index (χ1n) is 11.7. The first kappa shape index (κ1) is 22.4. The molecule has 1 aromatic heterocycles. The molecule has 0 fully saturated rings. The Kier molecular flexibility index (Phi) is 5.49. The quantitative estimate of drug-likeness (QED) is 0.463. The number of hydrogen-bond donors (Lipinski definition) is 1. The van der Waals surface area contributed by atoms with E-state index in [1.165, 1.54) is 24.0 Å². The number of phenolic OH excluding ortho intramolecular Hbond substituents is 1. The van der Waals surface area contributed by atoms with E-state index in [-0.39, 0.29) is 17.4 Å². The Bertz CT molecular complexity index is 1710. The molecule has 0 saturated carbocycles. The lowest BCUT2D eigenvalue weighted by Gasteiger charge is -2.31. The maximum absolute atomic E-state index is 13.9. The number of aryl methyl sites for hydroxylation is 1. The third-order valence-corrected chi connectivity index (χ3v) is 7.79. The van der Waals surface area contributed by atoms with Gasteiger partial charge in [0.1, 0.15) is 5.75 Å². The van der Waals surface area contributed by atoms with Crippen LogP contribution in [-0.2, 0) is 6.42 Å². The largest absolute Gasteiger partial charge is 0.504 e. The van der Waals surface area contributed by atoms with Crippen molar-refractivity contribution in [2.24, 2.45) is 4.99 Å². The van der Waals surface area contributed by atoms with Crippen LogP contribution in [0.5, 0.6) is 17.2 Å². The number of methoxy groups -OCH3 is 2. The van der Waals surface area contributed by atoms with Crippen LogP contribution in [0.15, 0.2) is 82.1 Å². The van der Waals surface area contributed by atoms with Crippen LogP contribution in [0.3, 0.4) is 0 Å². The number of allylic oxidation sites excluding steroid dienone is 1. The summed E-state index contributed by atoms with van der Waals surface area (Å²) in [5.74, 6) is 1.15. The van der Waals surface area contributed by atoms with Gasteiger partial charge in [-0.3, -0.25) is 9.36 Å². The summed E-state index contributed by atoms with van der Waals surface area (Å²) in [7, 11) is 3.16. The normalized spacial score (nSPS) is 16.6. The van der Waals surface area contributed by atoms with Crippen molar-refractivity contribution >= 4 is 23.1 Å². The van der Waals surface area contributed by atoms with Crippen LogP contribution in [0.25, 0.3) is 11.8 Å². The molecule has 1 unspecified atom stereocenters. The minimum Gasteiger partial charge on any atom is -0.504 e. The number of rotatable bonds is 4. The van der Waals surface area contributed by atoms with Gasteiger partial charge in [-0.15, -0.1) is 0 Å². The maximum Gasteiger partial charge on any atom is 0.271 e. The van der Waals surface area contributed by atoms with Crippen molar-refractivity contribution in [3.05, 3.63) is 114 Å². The van der Waals surface area contributed by atoms with Crippen LogP contribution in [0.1, 0.15) is 34.7 Å². The zero-order valence-electron chi connectivity index (χ0n) is 19.9. The molecule has 0 amide bonds. The Morgan fingerprint density at radius 3 is 2.61 bits per heavy atom. The van der Waals surface area contributed by atoms with E-state index < -0.39 is 0 Å². The smallest absolute Gasteiger partial charge is 0.271 e. The molecule has 0 saturated heterocycles. The van der Waals surface area contributed by atoms with E-state index in [0.29, 0.717) is 15.1 Å². The maximum atomic E-state index is 13.9. The second-order valence-electron chi connectivity index (χ2n) is 8.79. The number of fused-ring (bicyclic) bond motifs is 3. The fourth-order valence-corrected chi connectivity index (χ4v) is 6.13. The number of benzene rings is 3. The summed E-state index contributed by atoms with van der Waals surface area (Å²) in [6.45, 7) is 0. The molecule has 2 heterocycles. The van der Waals surface area contributed by atoms with Crippen molar-refractivity contribution in [2.45, 2.75) is 18.9 Å². The van der Waals surface area contributed by atoms with E-state index in [9.17, 15) is 9.90 Å². The Labute approximate surface area is 211 Å². The van der Waals surface area contributed by atoms with Gasteiger partial charge in [0.05, 0.1) is 30.5 Å². The van der Waals surface area contributed by atoms with Crippen molar-refractivity contribution in [2.75, 3.05) is 14.2 Å². The molecule has 0 radical (unpaired) electrons. The number of ether oxygens (including phenoxy) is 2. The second-order valence-corrected chi connectivity index (χ2v) is 9.80. The van der Waals surface area contributed by atoms with Crippen LogP contribution in [0.4, 0.5) is 0 Å². The van der Waals surface area contributed by atoms with Gasteiger partial charge in [-0.1, -0.05) is 59.9 Å². The van der Waals surface area contributed by atoms with E-state index in [1.807, 2.05) is 36.4 Å². The highest BCUT2D eigenvalue weighted by Gasteiger charge is 2.33. The van der Waals surface area contributed by atoms with Crippen LogP contribution < -0.4 is 24.4 Å². The first-order chi connectivity index (χ1) is 17.6. The van der Waals surface area contributed by atoms with Gasteiger partial charge in [0.2, 0.25) is 0 Å². The van der Waals surface area contributed by atoms with Gasteiger partial charge >= 0.3 is 0 Å². The number of thiazole rings is 1. The molecule has 0 spiro atoms. The molecule has 3 aromatic carbocycles. The van der Waals surface area contributed by atoms with E-state index in [1.54, 1.807) is 29.9 Å². The number of nitrogens with zero attached hydrogens (tertiary/aromatic N) is 2. The second kappa shape index (κ2) is 8.84. The molecule has 1 aliphatic heterocycles. The molecule has 6 nitrogen and oxygen atoms in total. The van der Waals surface area contributed by atoms with Crippen molar-refractivity contribution in [1.82, 2.24) is 4.57 Å². The van der Waals surface area contributed by atoms with Crippen LogP contribution in [-0.4, -0.2) is 23.9 Å². The molecule has 1 aliphatic carbocycles. The minimum atomic E-state index is -0.308. The summed E-state index contributed by atoms with van der Waals surface area (Å²) in [5.41, 5.74) is 6.08. The van der Waals surface area contributed by atoms with Gasteiger partial charge in [0.15, 0.2) is 16.3 Å². The number of para-hydroxylation sites is 1. The Hall–Kier alpha value is -4.10. The Morgan fingerprint density at radius 2 is 1.78 bits per heavy atom. The van der Waals surface area contributed by atoms with Crippen molar-refractivity contribution < 1.29 is 14.6 Å². The fourth-order valence-electron chi connectivity index (χ4n) is 5.13. The molecule has 1 atom stereocenters. The minimum absolute atomic E-state index is 0.0543. The molecule has 6 rings (SSSR count).